The van der Waals surface area contributed by atoms with Crippen LogP contribution in [0.5, 0.6) is 0 Å². The second kappa shape index (κ2) is 5.65. The zero-order valence-electron chi connectivity index (χ0n) is 11.9. The molecule has 0 saturated heterocycles. The van der Waals surface area contributed by atoms with Gasteiger partial charge in [0.1, 0.15) is 0 Å². The van der Waals surface area contributed by atoms with E-state index in [-0.39, 0.29) is 5.38 Å². The third-order valence-electron chi connectivity index (χ3n) is 4.27. The molecule has 1 aliphatic rings. The van der Waals surface area contributed by atoms with Gasteiger partial charge < -0.3 is 0 Å². The highest BCUT2D eigenvalue weighted by atomic mass is 35.5. The van der Waals surface area contributed by atoms with Gasteiger partial charge in [0.15, 0.2) is 0 Å². The summed E-state index contributed by atoms with van der Waals surface area (Å²) in [6.45, 7) is 6.87. The van der Waals surface area contributed by atoms with E-state index in [1.165, 1.54) is 36.8 Å². The van der Waals surface area contributed by atoms with E-state index in [4.69, 9.17) is 11.6 Å². The molecular weight excluding hydrogens is 240 g/mol. The molecule has 0 bridgehead atoms. The van der Waals surface area contributed by atoms with Crippen LogP contribution in [-0.4, -0.2) is 0 Å². The molecule has 2 rings (SSSR count). The molecule has 0 spiro atoms. The molecule has 1 fully saturated rings. The van der Waals surface area contributed by atoms with Crippen molar-refractivity contribution in [2.24, 2.45) is 11.3 Å². The molecule has 0 heterocycles. The fraction of sp³-hybridized carbons (Fsp3) is 0.647. The molecule has 0 radical (unpaired) electrons. The van der Waals surface area contributed by atoms with Crippen molar-refractivity contribution < 1.29 is 0 Å². The minimum Gasteiger partial charge on any atom is -0.117 e. The summed E-state index contributed by atoms with van der Waals surface area (Å²) < 4.78 is 0. The molecule has 18 heavy (non-hydrogen) atoms. The Kier molecular flexibility index (Phi) is 4.37. The Bertz CT molecular complexity index is 371. The van der Waals surface area contributed by atoms with Gasteiger partial charge in [-0.25, -0.2) is 0 Å². The van der Waals surface area contributed by atoms with Gasteiger partial charge in [0.05, 0.1) is 5.38 Å². The van der Waals surface area contributed by atoms with Crippen LogP contribution in [0.2, 0.25) is 0 Å². The molecule has 1 aromatic rings. The molecule has 100 valence electrons. The summed E-state index contributed by atoms with van der Waals surface area (Å²) in [7, 11) is 0. The first-order valence-corrected chi connectivity index (χ1v) is 7.68. The van der Waals surface area contributed by atoms with Crippen LogP contribution in [0, 0.1) is 11.3 Å². The van der Waals surface area contributed by atoms with E-state index in [9.17, 15) is 0 Å². The van der Waals surface area contributed by atoms with E-state index >= 15 is 0 Å². The predicted molar refractivity (Wildman–Crippen MR) is 80.2 cm³/mol. The highest BCUT2D eigenvalue weighted by molar-refractivity contribution is 6.21. The maximum Gasteiger partial charge on any atom is 0.0638 e. The standard InChI is InChI=1S/C17H25Cl/c1-13(2)12-14-6-8-15(9-7-14)16(18)17(3)10-4-5-11-17/h6-9,13,16H,4-5,10-12H2,1-3H3. The van der Waals surface area contributed by atoms with Gasteiger partial charge in [-0.15, -0.1) is 11.6 Å². The quantitative estimate of drug-likeness (QED) is 0.608. The second-order valence-corrected chi connectivity index (χ2v) is 7.00. The molecule has 1 aromatic carbocycles. The lowest BCUT2D eigenvalue weighted by molar-refractivity contribution is 0.322. The Morgan fingerprint density at radius 3 is 2.17 bits per heavy atom. The zero-order valence-corrected chi connectivity index (χ0v) is 12.6. The number of hydrogen-bond donors (Lipinski definition) is 0. The Labute approximate surface area is 117 Å². The number of hydrogen-bond acceptors (Lipinski definition) is 0. The van der Waals surface area contributed by atoms with Gasteiger partial charge >= 0.3 is 0 Å². The van der Waals surface area contributed by atoms with Gasteiger partial charge in [-0.3, -0.25) is 0 Å². The highest BCUT2D eigenvalue weighted by Crippen LogP contribution is 2.50. The third kappa shape index (κ3) is 3.09. The Balaban J connectivity index is 2.09. The molecular formula is C17H25Cl. The summed E-state index contributed by atoms with van der Waals surface area (Å²) >= 11 is 6.71. The summed E-state index contributed by atoms with van der Waals surface area (Å²) in [4.78, 5) is 0. The number of rotatable bonds is 4. The molecule has 1 aliphatic carbocycles. The van der Waals surface area contributed by atoms with E-state index in [0.717, 1.165) is 12.3 Å². The van der Waals surface area contributed by atoms with Gasteiger partial charge in [0.2, 0.25) is 0 Å². The minimum absolute atomic E-state index is 0.174. The second-order valence-electron chi connectivity index (χ2n) is 6.56. The van der Waals surface area contributed by atoms with Gasteiger partial charge in [0.25, 0.3) is 0 Å². The smallest absolute Gasteiger partial charge is 0.0638 e. The lowest BCUT2D eigenvalue weighted by Crippen LogP contribution is -2.18. The van der Waals surface area contributed by atoms with Crippen molar-refractivity contribution >= 4 is 11.6 Å². The third-order valence-corrected chi connectivity index (χ3v) is 5.05. The maximum absolute atomic E-state index is 6.71. The average molecular weight is 265 g/mol. The molecule has 0 aliphatic heterocycles. The minimum atomic E-state index is 0.174. The average Bonchev–Trinajstić information content (AvgIpc) is 2.77. The van der Waals surface area contributed by atoms with Crippen LogP contribution in [0.15, 0.2) is 24.3 Å². The van der Waals surface area contributed by atoms with E-state index in [1.807, 2.05) is 0 Å². The van der Waals surface area contributed by atoms with Crippen molar-refractivity contribution in [1.82, 2.24) is 0 Å². The summed E-state index contributed by atoms with van der Waals surface area (Å²) in [5.74, 6) is 0.718. The van der Waals surface area contributed by atoms with Crippen LogP contribution in [0.1, 0.15) is 63.0 Å². The number of benzene rings is 1. The molecule has 0 aromatic heterocycles. The summed E-state index contributed by atoms with van der Waals surface area (Å²) in [5.41, 5.74) is 3.03. The Morgan fingerprint density at radius 1 is 1.11 bits per heavy atom. The first kappa shape index (κ1) is 13.9. The van der Waals surface area contributed by atoms with Gasteiger partial charge in [-0.05, 0) is 41.7 Å². The molecule has 1 atom stereocenters. The zero-order chi connectivity index (χ0) is 13.2. The van der Waals surface area contributed by atoms with Gasteiger partial charge in [-0.1, -0.05) is 57.9 Å². The summed E-state index contributed by atoms with van der Waals surface area (Å²) in [6, 6.07) is 8.98. The van der Waals surface area contributed by atoms with Crippen molar-refractivity contribution in [2.75, 3.05) is 0 Å². The maximum atomic E-state index is 6.71. The first-order valence-electron chi connectivity index (χ1n) is 7.24. The Hall–Kier alpha value is -0.490. The lowest BCUT2D eigenvalue weighted by Gasteiger charge is -2.29. The molecule has 0 N–H and O–H groups in total. The van der Waals surface area contributed by atoms with Crippen molar-refractivity contribution in [3.05, 3.63) is 35.4 Å². The van der Waals surface area contributed by atoms with E-state index < -0.39 is 0 Å². The summed E-state index contributed by atoms with van der Waals surface area (Å²) in [6.07, 6.45) is 6.38. The van der Waals surface area contributed by atoms with Crippen molar-refractivity contribution in [1.29, 1.82) is 0 Å². The van der Waals surface area contributed by atoms with Crippen molar-refractivity contribution in [3.8, 4) is 0 Å². The van der Waals surface area contributed by atoms with E-state index in [2.05, 4.69) is 45.0 Å². The Morgan fingerprint density at radius 2 is 1.67 bits per heavy atom. The largest absolute Gasteiger partial charge is 0.117 e. The van der Waals surface area contributed by atoms with Gasteiger partial charge in [-0.2, -0.15) is 0 Å². The van der Waals surface area contributed by atoms with Crippen LogP contribution in [0.3, 0.4) is 0 Å². The molecule has 1 saturated carbocycles. The van der Waals surface area contributed by atoms with Crippen LogP contribution >= 0.6 is 11.6 Å². The number of halogens is 1. The number of alkyl halides is 1. The van der Waals surface area contributed by atoms with Crippen LogP contribution in [0.4, 0.5) is 0 Å². The topological polar surface area (TPSA) is 0 Å². The van der Waals surface area contributed by atoms with Crippen LogP contribution in [-0.2, 0) is 6.42 Å². The van der Waals surface area contributed by atoms with E-state index in [1.54, 1.807) is 0 Å². The van der Waals surface area contributed by atoms with Crippen LogP contribution in [0.25, 0.3) is 0 Å². The molecule has 1 heteroatoms. The fourth-order valence-electron chi connectivity index (χ4n) is 3.13. The lowest BCUT2D eigenvalue weighted by atomic mass is 9.81. The van der Waals surface area contributed by atoms with E-state index in [0.29, 0.717) is 5.41 Å². The van der Waals surface area contributed by atoms with Crippen LogP contribution < -0.4 is 0 Å². The summed E-state index contributed by atoms with van der Waals surface area (Å²) in [5, 5.41) is 0.174. The van der Waals surface area contributed by atoms with Crippen molar-refractivity contribution in [3.63, 3.8) is 0 Å². The SMILES string of the molecule is CC(C)Cc1ccc(C(Cl)C2(C)CCCC2)cc1. The predicted octanol–water partition coefficient (Wildman–Crippen LogP) is 5.75. The molecule has 0 nitrogen and oxygen atoms in total. The first-order chi connectivity index (χ1) is 8.51. The normalized spacial score (nSPS) is 20.3. The van der Waals surface area contributed by atoms with Crippen molar-refractivity contribution in [2.45, 2.75) is 58.3 Å². The molecule has 1 unspecified atom stereocenters. The molecule has 0 amide bonds. The fourth-order valence-corrected chi connectivity index (χ4v) is 3.50. The highest BCUT2D eigenvalue weighted by Gasteiger charge is 2.36. The monoisotopic (exact) mass is 264 g/mol. The van der Waals surface area contributed by atoms with Gasteiger partial charge in [0, 0.05) is 0 Å².